The van der Waals surface area contributed by atoms with E-state index in [1.165, 1.54) is 28.6 Å². The van der Waals surface area contributed by atoms with Crippen LogP contribution in [0.5, 0.6) is 0 Å². The van der Waals surface area contributed by atoms with Crippen LogP contribution in [-0.2, 0) is 5.75 Å². The van der Waals surface area contributed by atoms with Gasteiger partial charge in [-0.25, -0.2) is 9.07 Å². The number of benzene rings is 2. The van der Waals surface area contributed by atoms with Crippen molar-refractivity contribution >= 4 is 11.8 Å². The molecule has 0 radical (unpaired) electrons. The molecular weight excluding hydrogens is 339 g/mol. The van der Waals surface area contributed by atoms with Gasteiger partial charge in [0, 0.05) is 18.1 Å². The fraction of sp³-hybridized carbons (Fsp3) is 0.0588. The molecule has 2 aromatic carbocycles. The Morgan fingerprint density at radius 2 is 1.88 bits per heavy atom. The van der Waals surface area contributed by atoms with E-state index in [-0.39, 0.29) is 5.82 Å². The Morgan fingerprint density at radius 1 is 1.00 bits per heavy atom. The molecule has 0 saturated heterocycles. The van der Waals surface area contributed by atoms with Gasteiger partial charge >= 0.3 is 0 Å². The molecule has 0 saturated carbocycles. The molecule has 0 aliphatic heterocycles. The monoisotopic (exact) mass is 352 g/mol. The maximum atomic E-state index is 13.4. The molecule has 0 amide bonds. The Bertz CT molecular complexity index is 965. The third-order valence-electron chi connectivity index (χ3n) is 3.57. The van der Waals surface area contributed by atoms with Gasteiger partial charge in [-0.3, -0.25) is 0 Å². The molecular formula is C17H13FN6S. The summed E-state index contributed by atoms with van der Waals surface area (Å²) in [5.74, 6) is 0.382. The standard InChI is InChI=1S/C17H13FN6S/c18-14-3-1-4-16(11-14)24-17(20-21-22-24)25-12-13-5-7-15(8-6-13)23-10-2-9-19-23/h1-11H,12H2. The highest BCUT2D eigenvalue weighted by molar-refractivity contribution is 7.98. The van der Waals surface area contributed by atoms with Crippen LogP contribution < -0.4 is 0 Å². The number of halogens is 1. The fourth-order valence-corrected chi connectivity index (χ4v) is 3.20. The van der Waals surface area contributed by atoms with E-state index in [4.69, 9.17) is 0 Å². The highest BCUT2D eigenvalue weighted by Gasteiger charge is 2.10. The largest absolute Gasteiger partial charge is 0.241 e. The minimum Gasteiger partial charge on any atom is -0.241 e. The Labute approximate surface area is 147 Å². The quantitative estimate of drug-likeness (QED) is 0.516. The van der Waals surface area contributed by atoms with Crippen molar-refractivity contribution in [3.05, 3.63) is 78.4 Å². The Morgan fingerprint density at radius 3 is 2.64 bits per heavy atom. The Hall–Kier alpha value is -3.00. The van der Waals surface area contributed by atoms with E-state index in [0.29, 0.717) is 16.6 Å². The third kappa shape index (κ3) is 3.43. The van der Waals surface area contributed by atoms with Crippen molar-refractivity contribution in [1.29, 1.82) is 0 Å². The van der Waals surface area contributed by atoms with Crippen LogP contribution in [0.15, 0.2) is 72.1 Å². The van der Waals surface area contributed by atoms with Crippen molar-refractivity contribution in [2.45, 2.75) is 10.9 Å². The van der Waals surface area contributed by atoms with Gasteiger partial charge in [0.25, 0.3) is 0 Å². The first-order chi connectivity index (χ1) is 12.3. The van der Waals surface area contributed by atoms with E-state index in [2.05, 4.69) is 20.6 Å². The summed E-state index contributed by atoms with van der Waals surface area (Å²) in [6.45, 7) is 0. The van der Waals surface area contributed by atoms with Gasteiger partial charge in [0.2, 0.25) is 5.16 Å². The number of nitrogens with zero attached hydrogens (tertiary/aromatic N) is 6. The number of aromatic nitrogens is 6. The van der Waals surface area contributed by atoms with Crippen LogP contribution >= 0.6 is 11.8 Å². The van der Waals surface area contributed by atoms with Crippen LogP contribution in [0.1, 0.15) is 5.56 Å². The van der Waals surface area contributed by atoms with Crippen LogP contribution in [0.2, 0.25) is 0 Å². The summed E-state index contributed by atoms with van der Waals surface area (Å²) in [6, 6.07) is 16.2. The first-order valence-corrected chi connectivity index (χ1v) is 8.54. The van der Waals surface area contributed by atoms with Gasteiger partial charge in [0.05, 0.1) is 11.4 Å². The second kappa shape index (κ2) is 6.86. The van der Waals surface area contributed by atoms with Crippen molar-refractivity contribution in [3.8, 4) is 11.4 Å². The second-order valence-corrected chi connectivity index (χ2v) is 6.20. The van der Waals surface area contributed by atoms with Crippen LogP contribution in [0, 0.1) is 5.82 Å². The lowest BCUT2D eigenvalue weighted by molar-refractivity contribution is 0.623. The minimum atomic E-state index is -0.321. The average molecular weight is 352 g/mol. The van der Waals surface area contributed by atoms with Gasteiger partial charge in [-0.05, 0) is 52.4 Å². The first kappa shape index (κ1) is 15.5. The van der Waals surface area contributed by atoms with Gasteiger partial charge in [-0.1, -0.05) is 30.0 Å². The van der Waals surface area contributed by atoms with Crippen molar-refractivity contribution in [1.82, 2.24) is 30.0 Å². The third-order valence-corrected chi connectivity index (χ3v) is 4.56. The molecule has 8 heteroatoms. The molecule has 25 heavy (non-hydrogen) atoms. The molecule has 0 unspecified atom stereocenters. The fourth-order valence-electron chi connectivity index (χ4n) is 2.35. The van der Waals surface area contributed by atoms with Gasteiger partial charge < -0.3 is 0 Å². The summed E-state index contributed by atoms with van der Waals surface area (Å²) in [4.78, 5) is 0. The zero-order valence-corrected chi connectivity index (χ0v) is 13.8. The van der Waals surface area contributed by atoms with Crippen LogP contribution in [0.3, 0.4) is 0 Å². The maximum absolute atomic E-state index is 13.4. The summed E-state index contributed by atoms with van der Waals surface area (Å²) >= 11 is 1.49. The van der Waals surface area contributed by atoms with Crippen molar-refractivity contribution in [3.63, 3.8) is 0 Å². The molecule has 0 N–H and O–H groups in total. The van der Waals surface area contributed by atoms with Crippen LogP contribution in [0.25, 0.3) is 11.4 Å². The summed E-state index contributed by atoms with van der Waals surface area (Å²) in [5.41, 5.74) is 2.74. The first-order valence-electron chi connectivity index (χ1n) is 7.56. The van der Waals surface area contributed by atoms with Crippen LogP contribution in [-0.4, -0.2) is 30.0 Å². The zero-order chi connectivity index (χ0) is 17.1. The molecule has 0 fully saturated rings. The normalized spacial score (nSPS) is 10.9. The Balaban J connectivity index is 1.48. The molecule has 2 heterocycles. The van der Waals surface area contributed by atoms with E-state index in [1.54, 1.807) is 23.0 Å². The molecule has 4 rings (SSSR count). The van der Waals surface area contributed by atoms with Crippen molar-refractivity contribution in [2.75, 3.05) is 0 Å². The maximum Gasteiger partial charge on any atom is 0.214 e. The lowest BCUT2D eigenvalue weighted by Gasteiger charge is -2.06. The summed E-state index contributed by atoms with van der Waals surface area (Å²) < 4.78 is 16.7. The van der Waals surface area contributed by atoms with Gasteiger partial charge in [-0.15, -0.1) is 5.10 Å². The number of tetrazole rings is 1. The van der Waals surface area contributed by atoms with Gasteiger partial charge in [0.15, 0.2) is 0 Å². The smallest absolute Gasteiger partial charge is 0.214 e. The van der Waals surface area contributed by atoms with E-state index in [1.807, 2.05) is 36.5 Å². The molecule has 4 aromatic rings. The number of rotatable bonds is 5. The topological polar surface area (TPSA) is 61.4 Å². The highest BCUT2D eigenvalue weighted by atomic mass is 32.2. The Kier molecular flexibility index (Phi) is 4.26. The van der Waals surface area contributed by atoms with Crippen LogP contribution in [0.4, 0.5) is 4.39 Å². The predicted molar refractivity (Wildman–Crippen MR) is 92.2 cm³/mol. The van der Waals surface area contributed by atoms with E-state index in [9.17, 15) is 4.39 Å². The van der Waals surface area contributed by atoms with E-state index < -0.39 is 0 Å². The molecule has 6 nitrogen and oxygen atoms in total. The average Bonchev–Trinajstić information content (AvgIpc) is 3.32. The van der Waals surface area contributed by atoms with Crippen molar-refractivity contribution in [2.24, 2.45) is 0 Å². The molecule has 0 aliphatic carbocycles. The number of hydrogen-bond acceptors (Lipinski definition) is 5. The lowest BCUT2D eigenvalue weighted by atomic mass is 10.2. The number of thioether (sulfide) groups is 1. The summed E-state index contributed by atoms with van der Waals surface area (Å²) in [5, 5.41) is 16.5. The SMILES string of the molecule is Fc1cccc(-n2nnnc2SCc2ccc(-n3cccn3)cc2)c1. The molecule has 2 aromatic heterocycles. The van der Waals surface area contributed by atoms with Crippen molar-refractivity contribution < 1.29 is 4.39 Å². The molecule has 124 valence electrons. The molecule has 0 spiro atoms. The lowest BCUT2D eigenvalue weighted by Crippen LogP contribution is -1.99. The summed E-state index contributed by atoms with van der Waals surface area (Å²) in [6.07, 6.45) is 3.65. The number of hydrogen-bond donors (Lipinski definition) is 0. The van der Waals surface area contributed by atoms with Gasteiger partial charge in [-0.2, -0.15) is 9.78 Å². The second-order valence-electron chi connectivity index (χ2n) is 5.26. The molecule has 0 aliphatic rings. The molecule has 0 atom stereocenters. The molecule has 0 bridgehead atoms. The predicted octanol–water partition coefficient (Wildman–Crippen LogP) is 3.28. The van der Waals surface area contributed by atoms with Gasteiger partial charge in [0.1, 0.15) is 5.82 Å². The highest BCUT2D eigenvalue weighted by Crippen LogP contribution is 2.23. The summed E-state index contributed by atoms with van der Waals surface area (Å²) in [7, 11) is 0. The zero-order valence-electron chi connectivity index (χ0n) is 13.0. The van der Waals surface area contributed by atoms with E-state index >= 15 is 0 Å². The minimum absolute atomic E-state index is 0.321. The van der Waals surface area contributed by atoms with E-state index in [0.717, 1.165) is 11.3 Å².